The number of aromatic nitrogens is 2. The van der Waals surface area contributed by atoms with Crippen molar-refractivity contribution >= 4 is 25.8 Å². The van der Waals surface area contributed by atoms with Gasteiger partial charge >= 0.3 is 0 Å². The molecule has 0 aliphatic carbocycles. The van der Waals surface area contributed by atoms with Crippen molar-refractivity contribution in [1.29, 1.82) is 0 Å². The minimum absolute atomic E-state index is 0.00996. The summed E-state index contributed by atoms with van der Waals surface area (Å²) in [5.74, 6) is 0.381. The van der Waals surface area contributed by atoms with Crippen LogP contribution in [0, 0.1) is 0 Å². The predicted molar refractivity (Wildman–Crippen MR) is 78.2 cm³/mol. The number of hydrogen-bond donors (Lipinski definition) is 2. The molecule has 0 amide bonds. The maximum Gasteiger partial charge on any atom is 0.243 e. The zero-order chi connectivity index (χ0) is 15.5. The van der Waals surface area contributed by atoms with Gasteiger partial charge in [0.1, 0.15) is 14.7 Å². The van der Waals surface area contributed by atoms with Crippen LogP contribution in [0.1, 0.15) is 19.8 Å². The SMILES string of the molecule is CCNc1ncc(S(=O)(=O)NC2CCS(=O)(=O)CC2)cn1. The van der Waals surface area contributed by atoms with Crippen molar-refractivity contribution in [3.63, 3.8) is 0 Å². The molecule has 0 radical (unpaired) electrons. The van der Waals surface area contributed by atoms with Crippen LogP contribution < -0.4 is 10.0 Å². The van der Waals surface area contributed by atoms with E-state index in [0.717, 1.165) is 0 Å². The van der Waals surface area contributed by atoms with Gasteiger partial charge in [0.2, 0.25) is 16.0 Å². The molecule has 1 aliphatic heterocycles. The molecule has 118 valence electrons. The standard InChI is InChI=1S/C11H18N4O4S2/c1-2-12-11-13-7-10(8-14-11)21(18,19)15-9-3-5-20(16,17)6-4-9/h7-9,15H,2-6H2,1H3,(H,12,13,14). The number of hydrogen-bond acceptors (Lipinski definition) is 7. The average Bonchev–Trinajstić information content (AvgIpc) is 2.42. The molecule has 1 saturated heterocycles. The van der Waals surface area contributed by atoms with Gasteiger partial charge in [0, 0.05) is 12.6 Å². The Hall–Kier alpha value is -1.26. The molecule has 8 nitrogen and oxygen atoms in total. The van der Waals surface area contributed by atoms with E-state index in [-0.39, 0.29) is 35.3 Å². The fourth-order valence-electron chi connectivity index (χ4n) is 2.00. The number of nitrogens with one attached hydrogen (secondary N) is 2. The minimum atomic E-state index is -3.73. The fourth-order valence-corrected chi connectivity index (χ4v) is 4.68. The highest BCUT2D eigenvalue weighted by Gasteiger charge is 2.27. The second-order valence-corrected chi connectivity index (χ2v) is 8.84. The fraction of sp³-hybridized carbons (Fsp3) is 0.636. The monoisotopic (exact) mass is 334 g/mol. The van der Waals surface area contributed by atoms with Crippen molar-refractivity contribution in [2.45, 2.75) is 30.7 Å². The first-order valence-corrected chi connectivity index (χ1v) is 9.91. The molecule has 1 aromatic rings. The molecule has 21 heavy (non-hydrogen) atoms. The van der Waals surface area contributed by atoms with E-state index in [0.29, 0.717) is 12.5 Å². The van der Waals surface area contributed by atoms with Crippen molar-refractivity contribution in [3.05, 3.63) is 12.4 Å². The Morgan fingerprint density at radius 3 is 2.33 bits per heavy atom. The van der Waals surface area contributed by atoms with Gasteiger partial charge in [-0.2, -0.15) is 0 Å². The van der Waals surface area contributed by atoms with Crippen molar-refractivity contribution in [3.8, 4) is 0 Å². The van der Waals surface area contributed by atoms with Crippen LogP contribution >= 0.6 is 0 Å². The van der Waals surface area contributed by atoms with Gasteiger partial charge in [-0.25, -0.2) is 31.5 Å². The largest absolute Gasteiger partial charge is 0.355 e. The van der Waals surface area contributed by atoms with Crippen molar-refractivity contribution < 1.29 is 16.8 Å². The predicted octanol–water partition coefficient (Wildman–Crippen LogP) is -0.236. The normalized spacial score (nSPS) is 19.3. The maximum absolute atomic E-state index is 12.2. The van der Waals surface area contributed by atoms with E-state index in [9.17, 15) is 16.8 Å². The van der Waals surface area contributed by atoms with Crippen LogP contribution in [0.4, 0.5) is 5.95 Å². The Kier molecular flexibility index (Phi) is 4.79. The topological polar surface area (TPSA) is 118 Å². The van der Waals surface area contributed by atoms with Crippen molar-refractivity contribution in [2.24, 2.45) is 0 Å². The van der Waals surface area contributed by atoms with Gasteiger partial charge in [-0.1, -0.05) is 0 Å². The van der Waals surface area contributed by atoms with Crippen molar-refractivity contribution in [1.82, 2.24) is 14.7 Å². The van der Waals surface area contributed by atoms with Crippen LogP contribution in [-0.4, -0.2) is 50.9 Å². The quantitative estimate of drug-likeness (QED) is 0.763. The molecule has 1 aliphatic rings. The van der Waals surface area contributed by atoms with E-state index < -0.39 is 19.9 Å². The third kappa shape index (κ3) is 4.35. The summed E-state index contributed by atoms with van der Waals surface area (Å²) in [4.78, 5) is 7.80. The van der Waals surface area contributed by atoms with E-state index in [4.69, 9.17) is 0 Å². The Morgan fingerprint density at radius 1 is 1.24 bits per heavy atom. The summed E-state index contributed by atoms with van der Waals surface area (Å²) in [7, 11) is -6.74. The molecule has 2 N–H and O–H groups in total. The van der Waals surface area contributed by atoms with Crippen molar-refractivity contribution in [2.75, 3.05) is 23.4 Å². The van der Waals surface area contributed by atoms with E-state index in [1.807, 2.05) is 6.92 Å². The van der Waals surface area contributed by atoms with Gasteiger partial charge in [0.15, 0.2) is 0 Å². The summed E-state index contributed by atoms with van der Waals surface area (Å²) in [6, 6.07) is -0.369. The summed E-state index contributed by atoms with van der Waals surface area (Å²) in [5.41, 5.74) is 0. The molecule has 0 atom stereocenters. The number of anilines is 1. The van der Waals surface area contributed by atoms with Gasteiger partial charge in [-0.3, -0.25) is 0 Å². The molecule has 1 fully saturated rings. The zero-order valence-electron chi connectivity index (χ0n) is 11.6. The Morgan fingerprint density at radius 2 is 1.81 bits per heavy atom. The number of sulfone groups is 1. The van der Waals surface area contributed by atoms with E-state index in [1.165, 1.54) is 12.4 Å². The van der Waals surface area contributed by atoms with E-state index in [2.05, 4.69) is 20.0 Å². The molecule has 0 unspecified atom stereocenters. The highest BCUT2D eigenvalue weighted by Crippen LogP contribution is 2.15. The molecular weight excluding hydrogens is 316 g/mol. The molecule has 0 saturated carbocycles. The average molecular weight is 334 g/mol. The van der Waals surface area contributed by atoms with E-state index in [1.54, 1.807) is 0 Å². The zero-order valence-corrected chi connectivity index (χ0v) is 13.2. The van der Waals surface area contributed by atoms with Crippen LogP contribution in [0.2, 0.25) is 0 Å². The summed E-state index contributed by atoms with van der Waals surface area (Å²) in [5, 5.41) is 2.87. The first-order valence-electron chi connectivity index (χ1n) is 6.61. The lowest BCUT2D eigenvalue weighted by Gasteiger charge is -2.22. The second kappa shape index (κ2) is 6.24. The first-order chi connectivity index (χ1) is 9.82. The van der Waals surface area contributed by atoms with Gasteiger partial charge in [-0.05, 0) is 19.8 Å². The Bertz CT molecular complexity index is 671. The highest BCUT2D eigenvalue weighted by atomic mass is 32.2. The maximum atomic E-state index is 12.2. The van der Waals surface area contributed by atoms with Gasteiger partial charge in [0.25, 0.3) is 0 Å². The lowest BCUT2D eigenvalue weighted by atomic mass is 10.2. The van der Waals surface area contributed by atoms with E-state index >= 15 is 0 Å². The van der Waals surface area contributed by atoms with Gasteiger partial charge in [-0.15, -0.1) is 0 Å². The smallest absolute Gasteiger partial charge is 0.243 e. The lowest BCUT2D eigenvalue weighted by Crippen LogP contribution is -2.40. The number of rotatable bonds is 5. The number of sulfonamides is 1. The molecule has 2 rings (SSSR count). The second-order valence-electron chi connectivity index (χ2n) is 4.82. The Labute approximate surface area is 124 Å². The molecule has 0 bridgehead atoms. The lowest BCUT2D eigenvalue weighted by molar-refractivity contribution is 0.505. The molecule has 0 aromatic carbocycles. The van der Waals surface area contributed by atoms with Gasteiger partial charge in [0.05, 0.1) is 23.9 Å². The Balaban J connectivity index is 2.05. The highest BCUT2D eigenvalue weighted by molar-refractivity contribution is 7.91. The van der Waals surface area contributed by atoms with Crippen LogP contribution in [0.3, 0.4) is 0 Å². The minimum Gasteiger partial charge on any atom is -0.355 e. The molecule has 2 heterocycles. The summed E-state index contributed by atoms with van der Waals surface area (Å²) in [6.45, 7) is 2.52. The summed E-state index contributed by atoms with van der Waals surface area (Å²) >= 11 is 0. The summed E-state index contributed by atoms with van der Waals surface area (Å²) < 4.78 is 49.5. The molecular formula is C11H18N4O4S2. The summed E-state index contributed by atoms with van der Waals surface area (Å²) in [6.07, 6.45) is 3.04. The molecule has 1 aromatic heterocycles. The third-order valence-electron chi connectivity index (χ3n) is 3.15. The van der Waals surface area contributed by atoms with Gasteiger partial charge < -0.3 is 5.32 Å². The third-order valence-corrected chi connectivity index (χ3v) is 6.34. The molecule has 10 heteroatoms. The van der Waals surface area contributed by atoms with Crippen LogP contribution in [-0.2, 0) is 19.9 Å². The van der Waals surface area contributed by atoms with Crippen LogP contribution in [0.25, 0.3) is 0 Å². The van der Waals surface area contributed by atoms with Crippen LogP contribution in [0.5, 0.6) is 0 Å². The molecule has 0 spiro atoms. The number of nitrogens with zero attached hydrogens (tertiary/aromatic N) is 2. The first kappa shape index (κ1) is 16.1. The van der Waals surface area contributed by atoms with Crippen LogP contribution in [0.15, 0.2) is 17.3 Å².